The summed E-state index contributed by atoms with van der Waals surface area (Å²) in [4.78, 5) is 8.62. The molecule has 0 atom stereocenters. The van der Waals surface area contributed by atoms with Gasteiger partial charge in [0.1, 0.15) is 0 Å². The number of rotatable bonds is 3. The first kappa shape index (κ1) is 11.0. The molecule has 2 aromatic rings. The summed E-state index contributed by atoms with van der Waals surface area (Å²) in [6, 6.07) is 7.56. The molecule has 0 spiro atoms. The second-order valence-corrected chi connectivity index (χ2v) is 3.88. The fourth-order valence-corrected chi connectivity index (χ4v) is 1.62. The van der Waals surface area contributed by atoms with Crippen LogP contribution in [0.25, 0.3) is 11.3 Å². The van der Waals surface area contributed by atoms with Crippen LogP contribution in [0.1, 0.15) is 5.69 Å². The minimum Gasteiger partial charge on any atom is -0.330 e. The SMILES string of the molecule is NCCc1cnc(-c2cccc(Cl)c2)cn1. The molecule has 82 valence electrons. The highest BCUT2D eigenvalue weighted by atomic mass is 35.5. The Balaban J connectivity index is 2.27. The Hall–Kier alpha value is -1.45. The maximum absolute atomic E-state index is 5.91. The molecule has 1 aromatic heterocycles. The summed E-state index contributed by atoms with van der Waals surface area (Å²) < 4.78 is 0. The highest BCUT2D eigenvalue weighted by Crippen LogP contribution is 2.19. The Kier molecular flexibility index (Phi) is 3.49. The van der Waals surface area contributed by atoms with Gasteiger partial charge in [0, 0.05) is 23.2 Å². The molecular formula is C12H12ClN3. The molecule has 0 unspecified atom stereocenters. The molecule has 2 N–H and O–H groups in total. The molecule has 0 fully saturated rings. The van der Waals surface area contributed by atoms with Crippen molar-refractivity contribution >= 4 is 11.6 Å². The molecule has 0 saturated carbocycles. The van der Waals surface area contributed by atoms with E-state index in [0.29, 0.717) is 11.6 Å². The van der Waals surface area contributed by atoms with Crippen molar-refractivity contribution in [3.8, 4) is 11.3 Å². The molecule has 0 aliphatic rings. The fraction of sp³-hybridized carbons (Fsp3) is 0.167. The summed E-state index contributed by atoms with van der Waals surface area (Å²) in [5.41, 5.74) is 8.15. The molecular weight excluding hydrogens is 222 g/mol. The lowest BCUT2D eigenvalue weighted by atomic mass is 10.1. The van der Waals surface area contributed by atoms with Crippen molar-refractivity contribution in [2.45, 2.75) is 6.42 Å². The summed E-state index contributed by atoms with van der Waals surface area (Å²) in [5.74, 6) is 0. The number of nitrogens with zero attached hydrogens (tertiary/aromatic N) is 2. The van der Waals surface area contributed by atoms with Gasteiger partial charge in [0.05, 0.1) is 17.6 Å². The average Bonchev–Trinajstić information content (AvgIpc) is 2.30. The van der Waals surface area contributed by atoms with E-state index in [2.05, 4.69) is 9.97 Å². The van der Waals surface area contributed by atoms with Crippen LogP contribution in [0.15, 0.2) is 36.7 Å². The Labute approximate surface area is 99.3 Å². The number of hydrogen-bond donors (Lipinski definition) is 1. The number of benzene rings is 1. The van der Waals surface area contributed by atoms with Crippen molar-refractivity contribution in [3.63, 3.8) is 0 Å². The molecule has 0 amide bonds. The van der Waals surface area contributed by atoms with Gasteiger partial charge in [0.2, 0.25) is 0 Å². The van der Waals surface area contributed by atoms with Crippen LogP contribution in [0.4, 0.5) is 0 Å². The van der Waals surface area contributed by atoms with Crippen LogP contribution < -0.4 is 5.73 Å². The molecule has 0 aliphatic carbocycles. The molecule has 2 rings (SSSR count). The summed E-state index contributed by atoms with van der Waals surface area (Å²) in [7, 11) is 0. The van der Waals surface area contributed by atoms with Crippen LogP contribution >= 0.6 is 11.6 Å². The van der Waals surface area contributed by atoms with Gasteiger partial charge in [0.25, 0.3) is 0 Å². The smallest absolute Gasteiger partial charge is 0.0885 e. The quantitative estimate of drug-likeness (QED) is 0.885. The lowest BCUT2D eigenvalue weighted by molar-refractivity contribution is 0.909. The van der Waals surface area contributed by atoms with E-state index in [0.717, 1.165) is 23.4 Å². The Morgan fingerprint density at radius 3 is 2.69 bits per heavy atom. The van der Waals surface area contributed by atoms with Crippen molar-refractivity contribution in [1.82, 2.24) is 9.97 Å². The summed E-state index contributed by atoms with van der Waals surface area (Å²) in [6.07, 6.45) is 4.25. The van der Waals surface area contributed by atoms with E-state index in [4.69, 9.17) is 17.3 Å². The maximum Gasteiger partial charge on any atom is 0.0885 e. The van der Waals surface area contributed by atoms with E-state index in [1.807, 2.05) is 24.3 Å². The predicted octanol–water partition coefficient (Wildman–Crippen LogP) is 2.30. The van der Waals surface area contributed by atoms with Gasteiger partial charge in [-0.25, -0.2) is 0 Å². The van der Waals surface area contributed by atoms with Crippen molar-refractivity contribution < 1.29 is 0 Å². The highest BCUT2D eigenvalue weighted by Gasteiger charge is 2.01. The Morgan fingerprint density at radius 2 is 2.06 bits per heavy atom. The van der Waals surface area contributed by atoms with E-state index in [1.165, 1.54) is 0 Å². The molecule has 4 heteroatoms. The number of halogens is 1. The standard InChI is InChI=1S/C12H12ClN3/c13-10-3-1-2-9(6-10)12-8-15-11(4-5-14)7-16-12/h1-3,6-8H,4-5,14H2. The third-order valence-electron chi connectivity index (χ3n) is 2.23. The van der Waals surface area contributed by atoms with Crippen LogP contribution in [0.5, 0.6) is 0 Å². The zero-order valence-corrected chi connectivity index (χ0v) is 9.48. The maximum atomic E-state index is 5.91. The lowest BCUT2D eigenvalue weighted by Gasteiger charge is -2.02. The zero-order chi connectivity index (χ0) is 11.4. The number of hydrogen-bond acceptors (Lipinski definition) is 3. The largest absolute Gasteiger partial charge is 0.330 e. The van der Waals surface area contributed by atoms with Crippen molar-refractivity contribution in [1.29, 1.82) is 0 Å². The molecule has 0 bridgehead atoms. The summed E-state index contributed by atoms with van der Waals surface area (Å²) in [6.45, 7) is 0.588. The Bertz CT molecular complexity index is 468. The van der Waals surface area contributed by atoms with Crippen LogP contribution in [-0.2, 0) is 6.42 Å². The summed E-state index contributed by atoms with van der Waals surface area (Å²) >= 11 is 5.91. The van der Waals surface area contributed by atoms with Gasteiger partial charge in [-0.05, 0) is 18.7 Å². The van der Waals surface area contributed by atoms with Crippen molar-refractivity contribution in [2.75, 3.05) is 6.54 Å². The molecule has 3 nitrogen and oxygen atoms in total. The van der Waals surface area contributed by atoms with Crippen LogP contribution in [0.2, 0.25) is 5.02 Å². The second-order valence-electron chi connectivity index (χ2n) is 3.44. The van der Waals surface area contributed by atoms with E-state index in [-0.39, 0.29) is 0 Å². The van der Waals surface area contributed by atoms with Gasteiger partial charge >= 0.3 is 0 Å². The predicted molar refractivity (Wildman–Crippen MR) is 65.2 cm³/mol. The van der Waals surface area contributed by atoms with Gasteiger partial charge in [-0.3, -0.25) is 9.97 Å². The van der Waals surface area contributed by atoms with Gasteiger partial charge in [-0.15, -0.1) is 0 Å². The third-order valence-corrected chi connectivity index (χ3v) is 2.46. The molecule has 1 heterocycles. The molecule has 0 saturated heterocycles. The van der Waals surface area contributed by atoms with Gasteiger partial charge in [-0.1, -0.05) is 23.7 Å². The van der Waals surface area contributed by atoms with E-state index < -0.39 is 0 Å². The van der Waals surface area contributed by atoms with Gasteiger partial charge < -0.3 is 5.73 Å². The van der Waals surface area contributed by atoms with Crippen LogP contribution in [0.3, 0.4) is 0 Å². The first-order chi connectivity index (χ1) is 7.79. The van der Waals surface area contributed by atoms with Crippen molar-refractivity contribution in [2.24, 2.45) is 5.73 Å². The molecule has 16 heavy (non-hydrogen) atoms. The van der Waals surface area contributed by atoms with E-state index in [9.17, 15) is 0 Å². The second kappa shape index (κ2) is 5.05. The Morgan fingerprint density at radius 1 is 1.19 bits per heavy atom. The van der Waals surface area contributed by atoms with Crippen LogP contribution in [-0.4, -0.2) is 16.5 Å². The van der Waals surface area contributed by atoms with E-state index in [1.54, 1.807) is 12.4 Å². The zero-order valence-electron chi connectivity index (χ0n) is 8.73. The fourth-order valence-electron chi connectivity index (χ4n) is 1.43. The third kappa shape index (κ3) is 2.56. The minimum absolute atomic E-state index is 0.588. The number of aromatic nitrogens is 2. The van der Waals surface area contributed by atoms with Gasteiger partial charge in [-0.2, -0.15) is 0 Å². The van der Waals surface area contributed by atoms with E-state index >= 15 is 0 Å². The normalized spacial score (nSPS) is 10.4. The first-order valence-electron chi connectivity index (χ1n) is 5.06. The minimum atomic E-state index is 0.588. The van der Waals surface area contributed by atoms with Crippen molar-refractivity contribution in [3.05, 3.63) is 47.4 Å². The lowest BCUT2D eigenvalue weighted by Crippen LogP contribution is -2.04. The molecule has 1 aromatic carbocycles. The van der Waals surface area contributed by atoms with Gasteiger partial charge in [0.15, 0.2) is 0 Å². The molecule has 0 aliphatic heterocycles. The van der Waals surface area contributed by atoms with Crippen LogP contribution in [0, 0.1) is 0 Å². The summed E-state index contributed by atoms with van der Waals surface area (Å²) in [5, 5.41) is 0.699. The molecule has 0 radical (unpaired) electrons. The monoisotopic (exact) mass is 233 g/mol. The topological polar surface area (TPSA) is 51.8 Å². The first-order valence-corrected chi connectivity index (χ1v) is 5.44. The number of nitrogens with two attached hydrogens (primary N) is 1. The average molecular weight is 234 g/mol. The highest BCUT2D eigenvalue weighted by molar-refractivity contribution is 6.30.